The Labute approximate surface area is 110 Å². The molecule has 1 aliphatic rings. The zero-order valence-electron chi connectivity index (χ0n) is 10.6. The molecular weight excluding hydrogens is 246 g/mol. The zero-order chi connectivity index (χ0) is 14.0. The van der Waals surface area contributed by atoms with Crippen molar-refractivity contribution in [1.82, 2.24) is 9.80 Å². The van der Waals surface area contributed by atoms with Gasteiger partial charge in [-0.25, -0.2) is 4.79 Å². The molecule has 0 radical (unpaired) electrons. The van der Waals surface area contributed by atoms with Gasteiger partial charge in [0.15, 0.2) is 0 Å². The molecule has 1 heterocycles. The molecule has 1 saturated heterocycles. The Morgan fingerprint density at radius 1 is 1.11 bits per heavy atom. The smallest absolute Gasteiger partial charge is 0.322 e. The van der Waals surface area contributed by atoms with Gasteiger partial charge in [0.1, 0.15) is 5.70 Å². The first-order valence-electron chi connectivity index (χ1n) is 5.64. The molecule has 0 bridgehead atoms. The van der Waals surface area contributed by atoms with Gasteiger partial charge in [-0.2, -0.15) is 0 Å². The molecule has 98 valence electrons. The summed E-state index contributed by atoms with van der Waals surface area (Å²) in [5, 5.41) is 2.62. The van der Waals surface area contributed by atoms with Crippen LogP contribution in [0.4, 0.5) is 10.5 Å². The fourth-order valence-electron chi connectivity index (χ4n) is 1.71. The maximum Gasteiger partial charge on any atom is 0.331 e. The molecule has 2 rings (SSSR count). The number of urea groups is 1. The molecule has 0 aliphatic carbocycles. The molecule has 1 aliphatic heterocycles. The van der Waals surface area contributed by atoms with Gasteiger partial charge in [-0.1, -0.05) is 18.2 Å². The lowest BCUT2D eigenvalue weighted by Crippen LogP contribution is -2.27. The second-order valence-corrected chi connectivity index (χ2v) is 4.09. The number of anilines is 1. The Bertz CT molecular complexity index is 566. The van der Waals surface area contributed by atoms with Crippen LogP contribution in [-0.4, -0.2) is 41.7 Å². The van der Waals surface area contributed by atoms with Gasteiger partial charge in [-0.05, 0) is 12.1 Å². The van der Waals surface area contributed by atoms with E-state index in [0.717, 1.165) is 15.9 Å². The van der Waals surface area contributed by atoms with Crippen molar-refractivity contribution >= 4 is 23.5 Å². The van der Waals surface area contributed by atoms with Crippen LogP contribution in [0.2, 0.25) is 0 Å². The maximum atomic E-state index is 11.8. The van der Waals surface area contributed by atoms with E-state index in [2.05, 4.69) is 5.32 Å². The molecule has 0 saturated carbocycles. The number of imide groups is 1. The predicted molar refractivity (Wildman–Crippen MR) is 69.1 cm³/mol. The van der Waals surface area contributed by atoms with Crippen molar-refractivity contribution in [3.05, 3.63) is 42.1 Å². The quantitative estimate of drug-likeness (QED) is 0.637. The summed E-state index contributed by atoms with van der Waals surface area (Å²) in [5.74, 6) is -0.944. The summed E-state index contributed by atoms with van der Waals surface area (Å²) in [4.78, 5) is 37.1. The van der Waals surface area contributed by atoms with Crippen molar-refractivity contribution in [2.75, 3.05) is 19.4 Å². The molecule has 6 heteroatoms. The molecule has 1 N–H and O–H groups in total. The van der Waals surface area contributed by atoms with Gasteiger partial charge in [-0.3, -0.25) is 19.4 Å². The first-order valence-corrected chi connectivity index (χ1v) is 5.64. The highest BCUT2D eigenvalue weighted by atomic mass is 16.2. The van der Waals surface area contributed by atoms with Gasteiger partial charge in [0, 0.05) is 25.9 Å². The minimum absolute atomic E-state index is 0.0564. The van der Waals surface area contributed by atoms with E-state index in [9.17, 15) is 14.4 Å². The Hall–Kier alpha value is -2.63. The molecular formula is C13H13N3O3. The Kier molecular flexibility index (Phi) is 3.33. The molecule has 1 fully saturated rings. The highest BCUT2D eigenvalue weighted by Crippen LogP contribution is 2.17. The van der Waals surface area contributed by atoms with Crippen LogP contribution >= 0.6 is 0 Å². The highest BCUT2D eigenvalue weighted by molar-refractivity contribution is 6.15. The van der Waals surface area contributed by atoms with Crippen molar-refractivity contribution < 1.29 is 14.4 Å². The number of amides is 4. The minimum Gasteiger partial charge on any atom is -0.322 e. The third kappa shape index (κ3) is 2.47. The summed E-state index contributed by atoms with van der Waals surface area (Å²) >= 11 is 0. The molecule has 0 aromatic heterocycles. The van der Waals surface area contributed by atoms with E-state index in [4.69, 9.17) is 0 Å². The molecule has 19 heavy (non-hydrogen) atoms. The average Bonchev–Trinajstić information content (AvgIpc) is 2.58. The summed E-state index contributed by atoms with van der Waals surface area (Å²) in [5.41, 5.74) is 0.679. The minimum atomic E-state index is -0.490. The van der Waals surface area contributed by atoms with E-state index in [1.807, 2.05) is 6.07 Å². The van der Waals surface area contributed by atoms with Crippen LogP contribution in [0.5, 0.6) is 0 Å². The van der Waals surface area contributed by atoms with Crippen LogP contribution in [0.25, 0.3) is 0 Å². The van der Waals surface area contributed by atoms with Gasteiger partial charge in [0.2, 0.25) is 0 Å². The second kappa shape index (κ2) is 4.93. The lowest BCUT2D eigenvalue weighted by atomic mass is 10.3. The van der Waals surface area contributed by atoms with Crippen molar-refractivity contribution in [3.8, 4) is 0 Å². The number of nitrogens with one attached hydrogen (secondary N) is 1. The molecule has 0 unspecified atom stereocenters. The number of rotatable bonds is 2. The standard InChI is InChI=1S/C13H13N3O3/c1-15-10(12(18)16(2)13(15)19)8-11(17)14-9-6-4-3-5-7-9/h3-8H,1-2H3,(H,14,17). The summed E-state index contributed by atoms with van der Waals surface area (Å²) in [7, 11) is 2.82. The van der Waals surface area contributed by atoms with Crippen LogP contribution in [-0.2, 0) is 9.59 Å². The van der Waals surface area contributed by atoms with Gasteiger partial charge in [-0.15, -0.1) is 0 Å². The zero-order valence-corrected chi connectivity index (χ0v) is 10.6. The lowest BCUT2D eigenvalue weighted by molar-refractivity contribution is -0.122. The predicted octanol–water partition coefficient (Wildman–Crippen LogP) is 1.03. The van der Waals surface area contributed by atoms with Crippen LogP contribution in [0.15, 0.2) is 42.1 Å². The Morgan fingerprint density at radius 3 is 2.26 bits per heavy atom. The van der Waals surface area contributed by atoms with E-state index < -0.39 is 17.8 Å². The normalized spacial score (nSPS) is 17.3. The molecule has 1 aromatic rings. The van der Waals surface area contributed by atoms with Crippen molar-refractivity contribution in [2.45, 2.75) is 0 Å². The molecule has 4 amide bonds. The summed E-state index contributed by atoms with van der Waals surface area (Å²) in [6.07, 6.45) is 1.12. The fourth-order valence-corrected chi connectivity index (χ4v) is 1.71. The SMILES string of the molecule is CN1C(=O)C(=CC(=O)Nc2ccccc2)N(C)C1=O. The topological polar surface area (TPSA) is 69.7 Å². The number of carbonyl (C=O) groups is 3. The highest BCUT2D eigenvalue weighted by Gasteiger charge is 2.36. The second-order valence-electron chi connectivity index (χ2n) is 4.09. The van der Waals surface area contributed by atoms with Crippen LogP contribution in [0.1, 0.15) is 0 Å². The van der Waals surface area contributed by atoms with Gasteiger partial charge in [0.25, 0.3) is 11.8 Å². The number of para-hydroxylation sites is 1. The van der Waals surface area contributed by atoms with E-state index in [1.165, 1.54) is 14.1 Å². The Morgan fingerprint density at radius 2 is 1.74 bits per heavy atom. The van der Waals surface area contributed by atoms with Crippen LogP contribution < -0.4 is 5.32 Å². The number of carbonyl (C=O) groups excluding carboxylic acids is 3. The van der Waals surface area contributed by atoms with Crippen molar-refractivity contribution in [1.29, 1.82) is 0 Å². The van der Waals surface area contributed by atoms with E-state index in [1.54, 1.807) is 24.3 Å². The van der Waals surface area contributed by atoms with Crippen molar-refractivity contribution in [2.24, 2.45) is 0 Å². The fraction of sp³-hybridized carbons (Fsp3) is 0.154. The van der Waals surface area contributed by atoms with Crippen molar-refractivity contribution in [3.63, 3.8) is 0 Å². The number of hydrogen-bond acceptors (Lipinski definition) is 3. The number of likely N-dealkylation sites (N-methyl/N-ethyl adjacent to an activating group) is 2. The van der Waals surface area contributed by atoms with E-state index in [-0.39, 0.29) is 5.70 Å². The summed E-state index contributed by atoms with van der Waals surface area (Å²) in [6.45, 7) is 0. The third-order valence-corrected chi connectivity index (χ3v) is 2.77. The lowest BCUT2D eigenvalue weighted by Gasteiger charge is -2.07. The largest absolute Gasteiger partial charge is 0.331 e. The summed E-state index contributed by atoms with van der Waals surface area (Å²) in [6, 6.07) is 8.40. The first-order chi connectivity index (χ1) is 9.00. The molecule has 6 nitrogen and oxygen atoms in total. The van der Waals surface area contributed by atoms with Gasteiger partial charge in [0.05, 0.1) is 0 Å². The van der Waals surface area contributed by atoms with E-state index in [0.29, 0.717) is 5.69 Å². The first kappa shape index (κ1) is 12.8. The monoisotopic (exact) mass is 259 g/mol. The van der Waals surface area contributed by atoms with Gasteiger partial charge < -0.3 is 5.32 Å². The molecule has 0 atom stereocenters. The number of nitrogens with zero attached hydrogens (tertiary/aromatic N) is 2. The summed E-state index contributed by atoms with van der Waals surface area (Å²) < 4.78 is 0. The molecule has 0 spiro atoms. The average molecular weight is 259 g/mol. The van der Waals surface area contributed by atoms with Crippen LogP contribution in [0.3, 0.4) is 0 Å². The van der Waals surface area contributed by atoms with E-state index >= 15 is 0 Å². The number of hydrogen-bond donors (Lipinski definition) is 1. The Balaban J connectivity index is 2.16. The molecule has 1 aromatic carbocycles. The van der Waals surface area contributed by atoms with Gasteiger partial charge >= 0.3 is 6.03 Å². The number of benzene rings is 1. The third-order valence-electron chi connectivity index (χ3n) is 2.77. The van der Waals surface area contributed by atoms with Crippen LogP contribution in [0, 0.1) is 0 Å². The maximum absolute atomic E-state index is 11.8.